The fourth-order valence-corrected chi connectivity index (χ4v) is 5.35. The molecule has 3 heterocycles. The first kappa shape index (κ1) is 23.6. The number of halogens is 2. The molecule has 3 N–H and O–H groups in total. The number of fused-ring (bicyclic) bond motifs is 1. The molecule has 2 amide bonds. The van der Waals surface area contributed by atoms with Gasteiger partial charge in [-0.15, -0.1) is 11.3 Å². The predicted octanol–water partition coefficient (Wildman–Crippen LogP) is 4.92. The SMILES string of the molecule is CC1(C)CNC(=O)c2sc(Nc3ccc(I)cc3F)c(C(=O)NCCc3cccnc3)c2C1. The van der Waals surface area contributed by atoms with E-state index < -0.39 is 5.82 Å². The van der Waals surface area contributed by atoms with Crippen molar-refractivity contribution < 1.29 is 14.0 Å². The van der Waals surface area contributed by atoms with Gasteiger partial charge in [0, 0.05) is 29.1 Å². The minimum atomic E-state index is -0.418. The Hall–Kier alpha value is -2.53. The molecule has 2 aromatic heterocycles. The molecule has 0 aliphatic carbocycles. The smallest absolute Gasteiger partial charge is 0.261 e. The summed E-state index contributed by atoms with van der Waals surface area (Å²) in [6, 6.07) is 8.65. The first-order valence-electron chi connectivity index (χ1n) is 10.6. The van der Waals surface area contributed by atoms with Crippen LogP contribution in [0.3, 0.4) is 0 Å². The van der Waals surface area contributed by atoms with Crippen LogP contribution in [0.25, 0.3) is 0 Å². The maximum atomic E-state index is 14.6. The van der Waals surface area contributed by atoms with E-state index in [0.29, 0.717) is 46.9 Å². The number of nitrogens with zero attached hydrogens (tertiary/aromatic N) is 1. The molecule has 1 aliphatic rings. The van der Waals surface area contributed by atoms with Crippen LogP contribution >= 0.6 is 33.9 Å². The molecule has 9 heteroatoms. The molecular formula is C24H24FIN4O2S. The number of hydrogen-bond acceptors (Lipinski definition) is 5. The van der Waals surface area contributed by atoms with Crippen molar-refractivity contribution in [1.82, 2.24) is 15.6 Å². The van der Waals surface area contributed by atoms with Crippen molar-refractivity contribution in [3.05, 3.63) is 73.7 Å². The van der Waals surface area contributed by atoms with E-state index in [4.69, 9.17) is 0 Å². The van der Waals surface area contributed by atoms with Gasteiger partial charge < -0.3 is 16.0 Å². The van der Waals surface area contributed by atoms with Crippen LogP contribution in [0.5, 0.6) is 0 Å². The molecule has 0 bridgehead atoms. The number of carbonyl (C=O) groups is 2. The molecule has 1 aliphatic heterocycles. The molecule has 0 unspecified atom stereocenters. The average Bonchev–Trinajstić information content (AvgIpc) is 3.06. The van der Waals surface area contributed by atoms with Gasteiger partial charge in [-0.25, -0.2) is 4.39 Å². The molecule has 6 nitrogen and oxygen atoms in total. The number of rotatable bonds is 6. The summed E-state index contributed by atoms with van der Waals surface area (Å²) in [4.78, 5) is 30.8. The fourth-order valence-electron chi connectivity index (χ4n) is 3.75. The second-order valence-corrected chi connectivity index (χ2v) is 11.0. The van der Waals surface area contributed by atoms with Crippen molar-refractivity contribution in [1.29, 1.82) is 0 Å². The number of nitrogens with one attached hydrogen (secondary N) is 3. The lowest BCUT2D eigenvalue weighted by Crippen LogP contribution is -2.32. The standard InChI is InChI=1S/C24H24FIN4O2S/c1-24(2)11-16-19(21(31)28-9-7-14-4-3-8-27-12-14)23(33-20(16)22(32)29-13-24)30-18-6-5-15(26)10-17(18)25/h3-6,8,10,12,30H,7,9,11,13H2,1-2H3,(H,28,31)(H,29,32). The summed E-state index contributed by atoms with van der Waals surface area (Å²) in [7, 11) is 0. The largest absolute Gasteiger partial charge is 0.352 e. The summed E-state index contributed by atoms with van der Waals surface area (Å²) in [5.74, 6) is -0.908. The molecule has 4 rings (SSSR count). The van der Waals surface area contributed by atoms with E-state index in [9.17, 15) is 14.0 Å². The maximum absolute atomic E-state index is 14.6. The van der Waals surface area contributed by atoms with Crippen LogP contribution in [0.1, 0.15) is 45.0 Å². The molecule has 172 valence electrons. The Bertz CT molecular complexity index is 1200. The Morgan fingerprint density at radius 3 is 2.88 bits per heavy atom. The van der Waals surface area contributed by atoms with E-state index in [-0.39, 0.29) is 22.9 Å². The third kappa shape index (κ3) is 5.52. The highest BCUT2D eigenvalue weighted by molar-refractivity contribution is 14.1. The zero-order valence-electron chi connectivity index (χ0n) is 18.3. The molecule has 0 saturated heterocycles. The molecular weight excluding hydrogens is 554 g/mol. The Kier molecular flexibility index (Phi) is 6.99. The van der Waals surface area contributed by atoms with Gasteiger partial charge in [0.2, 0.25) is 0 Å². The minimum absolute atomic E-state index is 0.207. The molecule has 0 atom stereocenters. The van der Waals surface area contributed by atoms with Crippen LogP contribution in [0, 0.1) is 14.8 Å². The van der Waals surface area contributed by atoms with Crippen LogP contribution in [-0.2, 0) is 12.8 Å². The number of aromatic nitrogens is 1. The van der Waals surface area contributed by atoms with Gasteiger partial charge in [-0.3, -0.25) is 14.6 Å². The van der Waals surface area contributed by atoms with Crippen LogP contribution in [-0.4, -0.2) is 29.9 Å². The number of hydrogen-bond donors (Lipinski definition) is 3. The van der Waals surface area contributed by atoms with Gasteiger partial charge in [-0.2, -0.15) is 0 Å². The summed E-state index contributed by atoms with van der Waals surface area (Å²) in [5, 5.41) is 9.45. The molecule has 3 aromatic rings. The second-order valence-electron chi connectivity index (χ2n) is 8.75. The fraction of sp³-hybridized carbons (Fsp3) is 0.292. The Morgan fingerprint density at radius 1 is 1.33 bits per heavy atom. The number of anilines is 2. The van der Waals surface area contributed by atoms with Crippen molar-refractivity contribution in [3.8, 4) is 0 Å². The highest BCUT2D eigenvalue weighted by Gasteiger charge is 2.34. The van der Waals surface area contributed by atoms with Gasteiger partial charge in [0.05, 0.1) is 16.1 Å². The quantitative estimate of drug-likeness (QED) is 0.363. The van der Waals surface area contributed by atoms with E-state index in [0.717, 1.165) is 9.13 Å². The van der Waals surface area contributed by atoms with Crippen molar-refractivity contribution in [3.63, 3.8) is 0 Å². The number of pyridine rings is 1. The van der Waals surface area contributed by atoms with Crippen molar-refractivity contribution >= 4 is 56.4 Å². The molecule has 0 fully saturated rings. The Morgan fingerprint density at radius 2 is 2.15 bits per heavy atom. The van der Waals surface area contributed by atoms with Gasteiger partial charge in [-0.05, 0) is 76.2 Å². The van der Waals surface area contributed by atoms with Crippen LogP contribution in [0.2, 0.25) is 0 Å². The summed E-state index contributed by atoms with van der Waals surface area (Å²) in [6.07, 6.45) is 4.66. The minimum Gasteiger partial charge on any atom is -0.352 e. The first-order chi connectivity index (χ1) is 15.7. The van der Waals surface area contributed by atoms with E-state index in [1.807, 2.05) is 34.7 Å². The summed E-state index contributed by atoms with van der Waals surface area (Å²) < 4.78 is 15.3. The Labute approximate surface area is 209 Å². The molecule has 0 saturated carbocycles. The number of carbonyl (C=O) groups excluding carboxylic acids is 2. The van der Waals surface area contributed by atoms with Crippen molar-refractivity contribution in [2.45, 2.75) is 26.7 Å². The highest BCUT2D eigenvalue weighted by Crippen LogP contribution is 2.40. The van der Waals surface area contributed by atoms with E-state index in [1.165, 1.54) is 17.4 Å². The van der Waals surface area contributed by atoms with Gasteiger partial charge in [-0.1, -0.05) is 19.9 Å². The zero-order valence-corrected chi connectivity index (χ0v) is 21.3. The normalized spacial score (nSPS) is 14.7. The topological polar surface area (TPSA) is 83.1 Å². The lowest BCUT2D eigenvalue weighted by atomic mass is 9.85. The van der Waals surface area contributed by atoms with E-state index in [2.05, 4.69) is 34.8 Å². The van der Waals surface area contributed by atoms with E-state index >= 15 is 0 Å². The first-order valence-corrected chi connectivity index (χ1v) is 12.5. The van der Waals surface area contributed by atoms with Crippen molar-refractivity contribution in [2.75, 3.05) is 18.4 Å². The van der Waals surface area contributed by atoms with Crippen LogP contribution in [0.4, 0.5) is 15.1 Å². The molecule has 0 radical (unpaired) electrons. The van der Waals surface area contributed by atoms with Gasteiger partial charge >= 0.3 is 0 Å². The molecule has 1 aromatic carbocycles. The third-order valence-electron chi connectivity index (χ3n) is 5.42. The predicted molar refractivity (Wildman–Crippen MR) is 137 cm³/mol. The van der Waals surface area contributed by atoms with Crippen LogP contribution < -0.4 is 16.0 Å². The van der Waals surface area contributed by atoms with Crippen LogP contribution in [0.15, 0.2) is 42.7 Å². The number of thiophene rings is 1. The zero-order chi connectivity index (χ0) is 23.6. The number of benzene rings is 1. The molecule has 0 spiro atoms. The monoisotopic (exact) mass is 578 g/mol. The van der Waals surface area contributed by atoms with Gasteiger partial charge in [0.25, 0.3) is 11.8 Å². The molecule has 33 heavy (non-hydrogen) atoms. The third-order valence-corrected chi connectivity index (χ3v) is 7.24. The summed E-state index contributed by atoms with van der Waals surface area (Å²) in [6.45, 7) is 5.04. The summed E-state index contributed by atoms with van der Waals surface area (Å²) >= 11 is 3.23. The van der Waals surface area contributed by atoms with E-state index in [1.54, 1.807) is 24.5 Å². The highest BCUT2D eigenvalue weighted by atomic mass is 127. The Balaban J connectivity index is 1.67. The van der Waals surface area contributed by atoms with Gasteiger partial charge in [0.15, 0.2) is 0 Å². The lowest BCUT2D eigenvalue weighted by molar-refractivity contribution is 0.0945. The average molecular weight is 578 g/mol. The van der Waals surface area contributed by atoms with Gasteiger partial charge in [0.1, 0.15) is 10.8 Å². The maximum Gasteiger partial charge on any atom is 0.261 e. The number of amides is 2. The van der Waals surface area contributed by atoms with Crippen molar-refractivity contribution in [2.24, 2.45) is 5.41 Å². The lowest BCUT2D eigenvalue weighted by Gasteiger charge is -2.22. The summed E-state index contributed by atoms with van der Waals surface area (Å²) in [5.41, 5.74) is 2.16. The second kappa shape index (κ2) is 9.76.